The Morgan fingerprint density at radius 1 is 1.12 bits per heavy atom. The Bertz CT molecular complexity index is 936. The van der Waals surface area contributed by atoms with Crippen molar-refractivity contribution in [1.82, 2.24) is 0 Å². The predicted molar refractivity (Wildman–Crippen MR) is 96.1 cm³/mol. The highest BCUT2D eigenvalue weighted by Crippen LogP contribution is 2.31. The second-order valence-corrected chi connectivity index (χ2v) is 5.68. The Labute approximate surface area is 148 Å². The van der Waals surface area contributed by atoms with Gasteiger partial charge >= 0.3 is 0 Å². The number of carbonyl (C=O) groups excluding carboxylic acids is 2. The number of anilines is 2. The SMILES string of the molecule is COCC(=O)Nc1c(C(=O)Nc2cccc(Cl)c2)oc2ccccc12. The zero-order valence-corrected chi connectivity index (χ0v) is 14.1. The van der Waals surface area contributed by atoms with Crippen LogP contribution in [-0.4, -0.2) is 25.5 Å². The summed E-state index contributed by atoms with van der Waals surface area (Å²) in [5, 5.41) is 6.50. The number of para-hydroxylation sites is 1. The van der Waals surface area contributed by atoms with E-state index in [9.17, 15) is 9.59 Å². The van der Waals surface area contributed by atoms with E-state index in [2.05, 4.69) is 10.6 Å². The van der Waals surface area contributed by atoms with Gasteiger partial charge in [0, 0.05) is 23.2 Å². The minimum absolute atomic E-state index is 0.00521. The summed E-state index contributed by atoms with van der Waals surface area (Å²) in [6.45, 7) is -0.130. The van der Waals surface area contributed by atoms with Gasteiger partial charge in [-0.1, -0.05) is 29.8 Å². The highest BCUT2D eigenvalue weighted by atomic mass is 35.5. The fourth-order valence-electron chi connectivity index (χ4n) is 2.39. The van der Waals surface area contributed by atoms with Gasteiger partial charge in [0.2, 0.25) is 11.7 Å². The third-order valence-corrected chi connectivity index (χ3v) is 3.66. The number of hydrogen-bond acceptors (Lipinski definition) is 4. The van der Waals surface area contributed by atoms with Gasteiger partial charge in [0.25, 0.3) is 5.91 Å². The monoisotopic (exact) mass is 358 g/mol. The van der Waals surface area contributed by atoms with Gasteiger partial charge < -0.3 is 19.8 Å². The van der Waals surface area contributed by atoms with Gasteiger partial charge in [-0.2, -0.15) is 0 Å². The van der Waals surface area contributed by atoms with Crippen LogP contribution in [0, 0.1) is 0 Å². The molecule has 2 aromatic carbocycles. The van der Waals surface area contributed by atoms with Crippen LogP contribution in [0.5, 0.6) is 0 Å². The first kappa shape index (κ1) is 17.0. The van der Waals surface area contributed by atoms with Gasteiger partial charge in [-0.3, -0.25) is 9.59 Å². The Morgan fingerprint density at radius 2 is 1.92 bits per heavy atom. The van der Waals surface area contributed by atoms with E-state index in [1.165, 1.54) is 7.11 Å². The molecule has 7 heteroatoms. The van der Waals surface area contributed by atoms with Crippen molar-refractivity contribution in [3.8, 4) is 0 Å². The number of nitrogens with one attached hydrogen (secondary N) is 2. The molecule has 0 atom stereocenters. The minimum Gasteiger partial charge on any atom is -0.449 e. The molecule has 2 amide bonds. The molecule has 1 aromatic heterocycles. The predicted octanol–water partition coefficient (Wildman–Crippen LogP) is 3.92. The van der Waals surface area contributed by atoms with Crippen LogP contribution in [0.2, 0.25) is 5.02 Å². The van der Waals surface area contributed by atoms with Crippen molar-refractivity contribution in [2.45, 2.75) is 0 Å². The van der Waals surface area contributed by atoms with E-state index in [4.69, 9.17) is 20.8 Å². The van der Waals surface area contributed by atoms with Crippen molar-refractivity contribution in [2.24, 2.45) is 0 Å². The number of amides is 2. The molecule has 0 aliphatic rings. The van der Waals surface area contributed by atoms with E-state index >= 15 is 0 Å². The molecule has 0 unspecified atom stereocenters. The quantitative estimate of drug-likeness (QED) is 0.724. The standard InChI is InChI=1S/C18H15ClN2O4/c1-24-10-15(22)21-16-13-7-2-3-8-14(13)25-17(16)18(23)20-12-6-4-5-11(19)9-12/h2-9H,10H2,1H3,(H,20,23)(H,21,22). The van der Waals surface area contributed by atoms with Crippen LogP contribution in [0.1, 0.15) is 10.6 Å². The summed E-state index contributed by atoms with van der Waals surface area (Å²) in [6, 6.07) is 13.8. The average molecular weight is 359 g/mol. The highest BCUT2D eigenvalue weighted by molar-refractivity contribution is 6.31. The topological polar surface area (TPSA) is 80.6 Å². The molecule has 0 aliphatic carbocycles. The third-order valence-electron chi connectivity index (χ3n) is 3.42. The molecule has 0 aliphatic heterocycles. The van der Waals surface area contributed by atoms with Crippen molar-refractivity contribution in [3.05, 3.63) is 59.3 Å². The molecule has 0 fully saturated rings. The van der Waals surface area contributed by atoms with Crippen molar-refractivity contribution < 1.29 is 18.7 Å². The molecule has 25 heavy (non-hydrogen) atoms. The maximum absolute atomic E-state index is 12.6. The molecule has 0 saturated carbocycles. The van der Waals surface area contributed by atoms with Crippen LogP contribution in [0.25, 0.3) is 11.0 Å². The van der Waals surface area contributed by atoms with Gasteiger partial charge in [0.1, 0.15) is 17.9 Å². The first-order valence-electron chi connectivity index (χ1n) is 7.45. The molecule has 6 nitrogen and oxygen atoms in total. The molecular weight excluding hydrogens is 344 g/mol. The zero-order chi connectivity index (χ0) is 17.8. The molecule has 3 rings (SSSR count). The molecule has 0 spiro atoms. The van der Waals surface area contributed by atoms with E-state index in [1.54, 1.807) is 48.5 Å². The van der Waals surface area contributed by atoms with E-state index in [0.29, 0.717) is 27.4 Å². The summed E-state index contributed by atoms with van der Waals surface area (Å²) in [6.07, 6.45) is 0. The number of hydrogen-bond donors (Lipinski definition) is 2. The molecular formula is C18H15ClN2O4. The van der Waals surface area contributed by atoms with E-state index in [0.717, 1.165) is 0 Å². The Hall–Kier alpha value is -2.83. The molecule has 128 valence electrons. The van der Waals surface area contributed by atoms with Gasteiger partial charge in [-0.05, 0) is 30.3 Å². The number of ether oxygens (including phenoxy) is 1. The number of rotatable bonds is 5. The largest absolute Gasteiger partial charge is 0.449 e. The van der Waals surface area contributed by atoms with E-state index in [1.807, 2.05) is 0 Å². The molecule has 0 saturated heterocycles. The lowest BCUT2D eigenvalue weighted by Crippen LogP contribution is -2.20. The van der Waals surface area contributed by atoms with Crippen LogP contribution in [0.3, 0.4) is 0 Å². The van der Waals surface area contributed by atoms with Crippen molar-refractivity contribution >= 4 is 45.8 Å². The number of halogens is 1. The van der Waals surface area contributed by atoms with Crippen molar-refractivity contribution in [3.63, 3.8) is 0 Å². The summed E-state index contributed by atoms with van der Waals surface area (Å²) in [5.74, 6) is -0.873. The second-order valence-electron chi connectivity index (χ2n) is 5.25. The Morgan fingerprint density at radius 3 is 2.68 bits per heavy atom. The fraction of sp³-hybridized carbons (Fsp3) is 0.111. The Balaban J connectivity index is 1.96. The molecule has 0 radical (unpaired) electrons. The van der Waals surface area contributed by atoms with Crippen LogP contribution >= 0.6 is 11.6 Å². The average Bonchev–Trinajstić information content (AvgIpc) is 2.94. The normalized spacial score (nSPS) is 10.6. The number of furan rings is 1. The number of fused-ring (bicyclic) bond motifs is 1. The molecule has 3 aromatic rings. The third kappa shape index (κ3) is 3.81. The lowest BCUT2D eigenvalue weighted by atomic mass is 10.2. The van der Waals surface area contributed by atoms with Gasteiger partial charge in [0.15, 0.2) is 0 Å². The zero-order valence-electron chi connectivity index (χ0n) is 13.3. The van der Waals surface area contributed by atoms with Gasteiger partial charge in [0.05, 0.1) is 0 Å². The van der Waals surface area contributed by atoms with Crippen molar-refractivity contribution in [2.75, 3.05) is 24.4 Å². The lowest BCUT2D eigenvalue weighted by Gasteiger charge is -2.07. The van der Waals surface area contributed by atoms with Gasteiger partial charge in [-0.15, -0.1) is 0 Å². The van der Waals surface area contributed by atoms with E-state index < -0.39 is 5.91 Å². The summed E-state index contributed by atoms with van der Waals surface area (Å²) in [5.41, 5.74) is 1.32. The van der Waals surface area contributed by atoms with Crippen LogP contribution < -0.4 is 10.6 Å². The van der Waals surface area contributed by atoms with Crippen LogP contribution in [0.15, 0.2) is 52.9 Å². The number of carbonyl (C=O) groups is 2. The highest BCUT2D eigenvalue weighted by Gasteiger charge is 2.22. The summed E-state index contributed by atoms with van der Waals surface area (Å²) < 4.78 is 10.5. The first-order valence-corrected chi connectivity index (χ1v) is 7.83. The second kappa shape index (κ2) is 7.38. The smallest absolute Gasteiger partial charge is 0.293 e. The first-order chi connectivity index (χ1) is 12.1. The fourth-order valence-corrected chi connectivity index (χ4v) is 2.58. The minimum atomic E-state index is -0.494. The summed E-state index contributed by atoms with van der Waals surface area (Å²) in [7, 11) is 1.42. The van der Waals surface area contributed by atoms with Crippen LogP contribution in [0.4, 0.5) is 11.4 Å². The van der Waals surface area contributed by atoms with E-state index in [-0.39, 0.29) is 18.3 Å². The maximum Gasteiger partial charge on any atom is 0.293 e. The van der Waals surface area contributed by atoms with Crippen molar-refractivity contribution in [1.29, 1.82) is 0 Å². The summed E-state index contributed by atoms with van der Waals surface area (Å²) in [4.78, 5) is 24.5. The number of methoxy groups -OCH3 is 1. The van der Waals surface area contributed by atoms with Crippen LogP contribution in [-0.2, 0) is 9.53 Å². The Kier molecular flexibility index (Phi) is 5.02. The molecule has 1 heterocycles. The maximum atomic E-state index is 12.6. The summed E-state index contributed by atoms with van der Waals surface area (Å²) >= 11 is 5.93. The number of benzene rings is 2. The molecule has 0 bridgehead atoms. The van der Waals surface area contributed by atoms with Gasteiger partial charge in [-0.25, -0.2) is 0 Å². The molecule has 2 N–H and O–H groups in total. The lowest BCUT2D eigenvalue weighted by molar-refractivity contribution is -0.119.